The van der Waals surface area contributed by atoms with Crippen LogP contribution < -0.4 is 0 Å². The van der Waals surface area contributed by atoms with Crippen LogP contribution in [0.2, 0.25) is 0 Å². The molecule has 2 rings (SSSR count). The Bertz CT molecular complexity index is 354. The van der Waals surface area contributed by atoms with E-state index >= 15 is 0 Å². The first kappa shape index (κ1) is 12.1. The van der Waals surface area contributed by atoms with Crippen LogP contribution in [0.4, 0.5) is 0 Å². The Kier molecular flexibility index (Phi) is 3.70. The van der Waals surface area contributed by atoms with Gasteiger partial charge in [0.05, 0.1) is 0 Å². The monoisotopic (exact) mass is 281 g/mol. The Morgan fingerprint density at radius 3 is 2.44 bits per heavy atom. The predicted octanol–water partition coefficient (Wildman–Crippen LogP) is 3.82. The van der Waals surface area contributed by atoms with Crippen molar-refractivity contribution in [2.45, 2.75) is 32.1 Å². The molecular formula is C14H20BrN. The molecule has 1 nitrogen and oxygen atoms in total. The number of halogens is 1. The smallest absolute Gasteiger partial charge is 0.0213 e. The molecular weight excluding hydrogens is 262 g/mol. The molecule has 1 aromatic rings. The third-order valence-corrected chi connectivity index (χ3v) is 4.11. The van der Waals surface area contributed by atoms with Crippen molar-refractivity contribution in [3.8, 4) is 0 Å². The van der Waals surface area contributed by atoms with Crippen LogP contribution in [0.5, 0.6) is 0 Å². The van der Waals surface area contributed by atoms with E-state index < -0.39 is 0 Å². The van der Waals surface area contributed by atoms with Crippen LogP contribution in [0.3, 0.4) is 0 Å². The van der Waals surface area contributed by atoms with E-state index in [1.165, 1.54) is 36.0 Å². The van der Waals surface area contributed by atoms with Gasteiger partial charge < -0.3 is 4.90 Å². The molecule has 0 aromatic heterocycles. The molecule has 16 heavy (non-hydrogen) atoms. The van der Waals surface area contributed by atoms with Gasteiger partial charge in [0.15, 0.2) is 0 Å². The summed E-state index contributed by atoms with van der Waals surface area (Å²) >= 11 is 3.66. The molecule has 0 atom stereocenters. The molecule has 0 spiro atoms. The van der Waals surface area contributed by atoms with Gasteiger partial charge in [0.2, 0.25) is 0 Å². The second-order valence-electron chi connectivity index (χ2n) is 5.35. The molecule has 0 amide bonds. The summed E-state index contributed by atoms with van der Waals surface area (Å²) in [5.74, 6) is 0. The Morgan fingerprint density at radius 1 is 1.19 bits per heavy atom. The molecule has 1 fully saturated rings. The fraction of sp³-hybridized carbons (Fsp3) is 0.571. The maximum absolute atomic E-state index is 3.66. The van der Waals surface area contributed by atoms with Gasteiger partial charge in [-0.2, -0.15) is 0 Å². The standard InChI is InChI=1S/C14H20BrN/c1-14(2,11-16-9-5-6-10-16)12-7-3-4-8-13(12)15/h3-4,7-8H,5-6,9-11H2,1-2H3. The highest BCUT2D eigenvalue weighted by atomic mass is 79.9. The van der Waals surface area contributed by atoms with Gasteiger partial charge in [0, 0.05) is 16.4 Å². The van der Waals surface area contributed by atoms with Gasteiger partial charge in [-0.1, -0.05) is 48.0 Å². The number of hydrogen-bond donors (Lipinski definition) is 0. The summed E-state index contributed by atoms with van der Waals surface area (Å²) in [4.78, 5) is 2.58. The maximum Gasteiger partial charge on any atom is 0.0213 e. The topological polar surface area (TPSA) is 3.24 Å². The van der Waals surface area contributed by atoms with E-state index in [0.29, 0.717) is 0 Å². The lowest BCUT2D eigenvalue weighted by molar-refractivity contribution is 0.269. The minimum Gasteiger partial charge on any atom is -0.302 e. The summed E-state index contributed by atoms with van der Waals surface area (Å²) in [5.41, 5.74) is 1.65. The van der Waals surface area contributed by atoms with Gasteiger partial charge in [-0.3, -0.25) is 0 Å². The van der Waals surface area contributed by atoms with E-state index in [9.17, 15) is 0 Å². The average Bonchev–Trinajstić information content (AvgIpc) is 2.70. The summed E-state index contributed by atoms with van der Waals surface area (Å²) in [7, 11) is 0. The first-order valence-corrected chi connectivity index (χ1v) is 6.86. The molecule has 0 radical (unpaired) electrons. The number of hydrogen-bond acceptors (Lipinski definition) is 1. The zero-order valence-corrected chi connectivity index (χ0v) is 11.8. The van der Waals surface area contributed by atoms with Crippen LogP contribution in [-0.4, -0.2) is 24.5 Å². The molecule has 1 aromatic carbocycles. The van der Waals surface area contributed by atoms with Crippen molar-refractivity contribution >= 4 is 15.9 Å². The first-order chi connectivity index (χ1) is 7.59. The number of nitrogens with zero attached hydrogens (tertiary/aromatic N) is 1. The van der Waals surface area contributed by atoms with E-state index in [1.807, 2.05) is 0 Å². The zero-order valence-electron chi connectivity index (χ0n) is 10.2. The van der Waals surface area contributed by atoms with Gasteiger partial charge in [0.25, 0.3) is 0 Å². The molecule has 0 aliphatic carbocycles. The fourth-order valence-electron chi connectivity index (χ4n) is 2.59. The highest BCUT2D eigenvalue weighted by molar-refractivity contribution is 9.10. The molecule has 0 N–H and O–H groups in total. The van der Waals surface area contributed by atoms with Crippen LogP contribution in [0, 0.1) is 0 Å². The largest absolute Gasteiger partial charge is 0.302 e. The number of rotatable bonds is 3. The molecule has 1 aliphatic heterocycles. The van der Waals surface area contributed by atoms with Crippen molar-refractivity contribution in [3.05, 3.63) is 34.3 Å². The molecule has 88 valence electrons. The summed E-state index contributed by atoms with van der Waals surface area (Å²) in [6.07, 6.45) is 2.73. The quantitative estimate of drug-likeness (QED) is 0.814. The third-order valence-electron chi connectivity index (χ3n) is 3.42. The van der Waals surface area contributed by atoms with Crippen molar-refractivity contribution in [2.24, 2.45) is 0 Å². The normalized spacial score (nSPS) is 17.9. The molecule has 0 unspecified atom stereocenters. The summed E-state index contributed by atoms with van der Waals surface area (Å²) in [5, 5.41) is 0. The average molecular weight is 282 g/mol. The van der Waals surface area contributed by atoms with Crippen LogP contribution in [0.15, 0.2) is 28.7 Å². The minimum absolute atomic E-state index is 0.227. The van der Waals surface area contributed by atoms with Crippen molar-refractivity contribution in [1.29, 1.82) is 0 Å². The summed E-state index contributed by atoms with van der Waals surface area (Å²) in [6, 6.07) is 8.59. The van der Waals surface area contributed by atoms with Crippen molar-refractivity contribution < 1.29 is 0 Å². The summed E-state index contributed by atoms with van der Waals surface area (Å²) < 4.78 is 1.24. The van der Waals surface area contributed by atoms with Gasteiger partial charge in [-0.25, -0.2) is 0 Å². The van der Waals surface area contributed by atoms with E-state index in [-0.39, 0.29) is 5.41 Å². The van der Waals surface area contributed by atoms with Gasteiger partial charge in [-0.15, -0.1) is 0 Å². The van der Waals surface area contributed by atoms with E-state index in [4.69, 9.17) is 0 Å². The van der Waals surface area contributed by atoms with Crippen molar-refractivity contribution in [2.75, 3.05) is 19.6 Å². The highest BCUT2D eigenvalue weighted by Crippen LogP contribution is 2.31. The number of likely N-dealkylation sites (tertiary alicyclic amines) is 1. The minimum atomic E-state index is 0.227. The Hall–Kier alpha value is -0.340. The molecule has 1 aliphatic rings. The lowest BCUT2D eigenvalue weighted by Gasteiger charge is -2.31. The molecule has 0 saturated carbocycles. The Morgan fingerprint density at radius 2 is 1.81 bits per heavy atom. The molecule has 1 saturated heterocycles. The fourth-order valence-corrected chi connectivity index (χ4v) is 3.42. The van der Waals surface area contributed by atoms with Gasteiger partial charge in [-0.05, 0) is 37.6 Å². The van der Waals surface area contributed by atoms with Crippen LogP contribution in [-0.2, 0) is 5.41 Å². The second kappa shape index (κ2) is 4.89. The SMILES string of the molecule is CC(C)(CN1CCCC1)c1ccccc1Br. The first-order valence-electron chi connectivity index (χ1n) is 6.07. The Labute approximate surface area is 107 Å². The van der Waals surface area contributed by atoms with E-state index in [1.54, 1.807) is 0 Å². The highest BCUT2D eigenvalue weighted by Gasteiger charge is 2.26. The number of benzene rings is 1. The van der Waals surface area contributed by atoms with Crippen molar-refractivity contribution in [3.63, 3.8) is 0 Å². The maximum atomic E-state index is 3.66. The van der Waals surface area contributed by atoms with Crippen LogP contribution in [0.25, 0.3) is 0 Å². The lowest BCUT2D eigenvalue weighted by Crippen LogP contribution is -2.35. The third kappa shape index (κ3) is 2.67. The lowest BCUT2D eigenvalue weighted by atomic mass is 9.84. The van der Waals surface area contributed by atoms with Crippen molar-refractivity contribution in [1.82, 2.24) is 4.90 Å². The zero-order chi connectivity index (χ0) is 11.6. The van der Waals surface area contributed by atoms with E-state index in [0.717, 1.165) is 6.54 Å². The second-order valence-corrected chi connectivity index (χ2v) is 6.20. The van der Waals surface area contributed by atoms with Gasteiger partial charge in [0.1, 0.15) is 0 Å². The van der Waals surface area contributed by atoms with Crippen LogP contribution in [0.1, 0.15) is 32.3 Å². The van der Waals surface area contributed by atoms with E-state index in [2.05, 4.69) is 58.9 Å². The Balaban J connectivity index is 2.14. The predicted molar refractivity (Wildman–Crippen MR) is 72.8 cm³/mol. The summed E-state index contributed by atoms with van der Waals surface area (Å²) in [6.45, 7) is 8.38. The molecule has 2 heteroatoms. The molecule has 0 bridgehead atoms. The molecule has 1 heterocycles. The van der Waals surface area contributed by atoms with Gasteiger partial charge >= 0.3 is 0 Å². The van der Waals surface area contributed by atoms with Crippen LogP contribution >= 0.6 is 15.9 Å².